The molecule has 1 aliphatic heterocycles. The van der Waals surface area contributed by atoms with Gasteiger partial charge in [-0.1, -0.05) is 13.0 Å². The van der Waals surface area contributed by atoms with Crippen LogP contribution in [-0.4, -0.2) is 50.2 Å². The molecule has 1 fully saturated rings. The van der Waals surface area contributed by atoms with E-state index in [-0.39, 0.29) is 0 Å². The number of hydrogen-bond donors (Lipinski definition) is 1. The Morgan fingerprint density at radius 2 is 2.35 bits per heavy atom. The van der Waals surface area contributed by atoms with E-state index in [9.17, 15) is 0 Å². The summed E-state index contributed by atoms with van der Waals surface area (Å²) in [5.74, 6) is 1.90. The number of nitrogens with zero attached hydrogens (tertiary/aromatic N) is 3. The number of hydrogen-bond acceptors (Lipinski definition) is 4. The van der Waals surface area contributed by atoms with Crippen LogP contribution >= 0.6 is 0 Å². The topological polar surface area (TPSA) is 31.4 Å². The zero-order valence-electron chi connectivity index (χ0n) is 13.1. The molecule has 2 heterocycles. The highest BCUT2D eigenvalue weighted by molar-refractivity contribution is 5.46. The van der Waals surface area contributed by atoms with Crippen molar-refractivity contribution in [1.29, 1.82) is 0 Å². The van der Waals surface area contributed by atoms with Gasteiger partial charge >= 0.3 is 0 Å². The Hall–Kier alpha value is -1.13. The molecular formula is C16H28N4. The predicted molar refractivity (Wildman–Crippen MR) is 85.1 cm³/mol. The van der Waals surface area contributed by atoms with E-state index >= 15 is 0 Å². The molecule has 0 radical (unpaired) electrons. The number of likely N-dealkylation sites (tertiary alicyclic amines) is 1. The van der Waals surface area contributed by atoms with Gasteiger partial charge in [0.05, 0.1) is 0 Å². The summed E-state index contributed by atoms with van der Waals surface area (Å²) in [5.41, 5.74) is 1.30. The Bertz CT molecular complexity index is 407. The Labute approximate surface area is 123 Å². The van der Waals surface area contributed by atoms with Crippen LogP contribution in [0.5, 0.6) is 0 Å². The molecule has 112 valence electrons. The maximum absolute atomic E-state index is 4.59. The third-order valence-corrected chi connectivity index (χ3v) is 3.99. The lowest BCUT2D eigenvalue weighted by Crippen LogP contribution is -2.29. The molecule has 20 heavy (non-hydrogen) atoms. The Balaban J connectivity index is 1.95. The van der Waals surface area contributed by atoms with Crippen molar-refractivity contribution in [3.05, 3.63) is 23.9 Å². The third kappa shape index (κ3) is 4.18. The van der Waals surface area contributed by atoms with E-state index in [1.54, 1.807) is 0 Å². The van der Waals surface area contributed by atoms with Gasteiger partial charge in [-0.25, -0.2) is 4.98 Å². The van der Waals surface area contributed by atoms with E-state index in [2.05, 4.69) is 47.2 Å². The van der Waals surface area contributed by atoms with Crippen LogP contribution in [0, 0.1) is 5.92 Å². The highest BCUT2D eigenvalue weighted by Crippen LogP contribution is 2.20. The van der Waals surface area contributed by atoms with E-state index in [4.69, 9.17) is 0 Å². The third-order valence-electron chi connectivity index (χ3n) is 3.99. The molecular weight excluding hydrogens is 248 g/mol. The first-order valence-electron chi connectivity index (χ1n) is 7.75. The summed E-state index contributed by atoms with van der Waals surface area (Å²) < 4.78 is 0. The van der Waals surface area contributed by atoms with E-state index < -0.39 is 0 Å². The first-order chi connectivity index (χ1) is 9.70. The standard InChI is InChI=1S/C16H28N4/c1-4-8-17-11-15-6-5-9-18-16(15)20(3)13-14-7-10-19(2)12-14/h5-6,9,14,17H,4,7-8,10-13H2,1-3H3. The Morgan fingerprint density at radius 1 is 1.50 bits per heavy atom. The van der Waals surface area contributed by atoms with Crippen molar-refractivity contribution in [3.63, 3.8) is 0 Å². The van der Waals surface area contributed by atoms with Crippen LogP contribution in [0.4, 0.5) is 5.82 Å². The number of anilines is 1. The van der Waals surface area contributed by atoms with Gasteiger partial charge in [0.15, 0.2) is 0 Å². The SMILES string of the molecule is CCCNCc1cccnc1N(C)CC1CCN(C)C1. The minimum atomic E-state index is 0.767. The second-order valence-corrected chi connectivity index (χ2v) is 5.96. The molecule has 1 saturated heterocycles. The summed E-state index contributed by atoms with van der Waals surface area (Å²) in [7, 11) is 4.38. The largest absolute Gasteiger partial charge is 0.359 e. The minimum Gasteiger partial charge on any atom is -0.359 e. The monoisotopic (exact) mass is 276 g/mol. The molecule has 0 aromatic carbocycles. The van der Waals surface area contributed by atoms with Crippen LogP contribution in [0.3, 0.4) is 0 Å². The molecule has 1 aromatic heterocycles. The summed E-state index contributed by atoms with van der Waals surface area (Å²) in [4.78, 5) is 9.33. The van der Waals surface area contributed by atoms with Crippen LogP contribution in [-0.2, 0) is 6.54 Å². The minimum absolute atomic E-state index is 0.767. The van der Waals surface area contributed by atoms with Gasteiger partial charge in [0.2, 0.25) is 0 Å². The fourth-order valence-electron chi connectivity index (χ4n) is 2.96. The van der Waals surface area contributed by atoms with Crippen LogP contribution in [0.2, 0.25) is 0 Å². The van der Waals surface area contributed by atoms with Crippen LogP contribution in [0.15, 0.2) is 18.3 Å². The first kappa shape index (κ1) is 15.3. The second-order valence-electron chi connectivity index (χ2n) is 5.96. The van der Waals surface area contributed by atoms with Gasteiger partial charge in [0.25, 0.3) is 0 Å². The molecule has 1 aromatic rings. The van der Waals surface area contributed by atoms with Crippen molar-refractivity contribution in [3.8, 4) is 0 Å². The lowest BCUT2D eigenvalue weighted by molar-refractivity contribution is 0.395. The summed E-state index contributed by atoms with van der Waals surface area (Å²) in [6.07, 6.45) is 4.37. The fourth-order valence-corrected chi connectivity index (χ4v) is 2.96. The molecule has 0 aliphatic carbocycles. The Kier molecular flexibility index (Phi) is 5.80. The predicted octanol–water partition coefficient (Wildman–Crippen LogP) is 1.97. The van der Waals surface area contributed by atoms with Gasteiger partial charge in [0, 0.05) is 38.4 Å². The van der Waals surface area contributed by atoms with Crippen molar-refractivity contribution < 1.29 is 0 Å². The molecule has 0 spiro atoms. The summed E-state index contributed by atoms with van der Waals surface area (Å²) in [6, 6.07) is 4.21. The van der Waals surface area contributed by atoms with Crippen molar-refractivity contribution in [2.45, 2.75) is 26.3 Å². The lowest BCUT2D eigenvalue weighted by Gasteiger charge is -2.24. The van der Waals surface area contributed by atoms with Gasteiger partial charge in [-0.3, -0.25) is 0 Å². The first-order valence-corrected chi connectivity index (χ1v) is 7.75. The van der Waals surface area contributed by atoms with Gasteiger partial charge in [-0.2, -0.15) is 0 Å². The summed E-state index contributed by atoms with van der Waals surface area (Å²) in [5, 5.41) is 3.47. The molecule has 4 heteroatoms. The van der Waals surface area contributed by atoms with Crippen LogP contribution in [0.1, 0.15) is 25.3 Å². The maximum Gasteiger partial charge on any atom is 0.132 e. The van der Waals surface area contributed by atoms with E-state index in [0.29, 0.717) is 0 Å². The zero-order chi connectivity index (χ0) is 14.4. The fraction of sp³-hybridized carbons (Fsp3) is 0.688. The van der Waals surface area contributed by atoms with Crippen molar-refractivity contribution in [2.75, 3.05) is 45.2 Å². The van der Waals surface area contributed by atoms with E-state index in [1.165, 1.54) is 31.5 Å². The molecule has 4 nitrogen and oxygen atoms in total. The number of aromatic nitrogens is 1. The van der Waals surface area contributed by atoms with Gasteiger partial charge in [-0.15, -0.1) is 0 Å². The van der Waals surface area contributed by atoms with E-state index in [1.807, 2.05) is 12.3 Å². The molecule has 1 N–H and O–H groups in total. The molecule has 2 rings (SSSR count). The smallest absolute Gasteiger partial charge is 0.132 e. The van der Waals surface area contributed by atoms with Crippen LogP contribution in [0.25, 0.3) is 0 Å². The summed E-state index contributed by atoms with van der Waals surface area (Å²) in [6.45, 7) is 7.70. The van der Waals surface area contributed by atoms with Crippen molar-refractivity contribution in [1.82, 2.24) is 15.2 Å². The number of pyridine rings is 1. The van der Waals surface area contributed by atoms with Crippen LogP contribution < -0.4 is 10.2 Å². The highest BCUT2D eigenvalue weighted by atomic mass is 15.2. The molecule has 0 amide bonds. The molecule has 1 atom stereocenters. The lowest BCUT2D eigenvalue weighted by atomic mass is 10.1. The van der Waals surface area contributed by atoms with E-state index in [0.717, 1.165) is 31.4 Å². The quantitative estimate of drug-likeness (QED) is 0.772. The second kappa shape index (κ2) is 7.60. The number of nitrogens with one attached hydrogen (secondary N) is 1. The van der Waals surface area contributed by atoms with Gasteiger partial charge < -0.3 is 15.1 Å². The average molecular weight is 276 g/mol. The van der Waals surface area contributed by atoms with Gasteiger partial charge in [-0.05, 0) is 45.0 Å². The summed E-state index contributed by atoms with van der Waals surface area (Å²) >= 11 is 0. The molecule has 0 bridgehead atoms. The molecule has 1 unspecified atom stereocenters. The van der Waals surface area contributed by atoms with Crippen molar-refractivity contribution >= 4 is 5.82 Å². The van der Waals surface area contributed by atoms with Gasteiger partial charge in [0.1, 0.15) is 5.82 Å². The molecule has 1 aliphatic rings. The normalized spacial score (nSPS) is 19.4. The highest BCUT2D eigenvalue weighted by Gasteiger charge is 2.21. The maximum atomic E-state index is 4.59. The number of rotatable bonds is 7. The average Bonchev–Trinajstić information content (AvgIpc) is 2.85. The van der Waals surface area contributed by atoms with Crippen molar-refractivity contribution in [2.24, 2.45) is 5.92 Å². The Morgan fingerprint density at radius 3 is 3.05 bits per heavy atom. The zero-order valence-corrected chi connectivity index (χ0v) is 13.1. The molecule has 0 saturated carbocycles.